The van der Waals surface area contributed by atoms with Gasteiger partial charge in [-0.15, -0.1) is 10.2 Å². The first kappa shape index (κ1) is 17.6. The number of nitrogens with zero attached hydrogens (tertiary/aromatic N) is 5. The number of carbonyl (C=O) groups excluding carboxylic acids is 1. The quantitative estimate of drug-likeness (QED) is 0.677. The molecular weight excluding hydrogens is 366 g/mol. The molecule has 0 bridgehead atoms. The number of fused-ring (bicyclic) bond motifs is 1. The molecule has 0 atom stereocenters. The molecule has 3 aromatic rings. The Balaban J connectivity index is 1.39. The van der Waals surface area contributed by atoms with Crippen molar-refractivity contribution in [2.45, 2.75) is 26.3 Å². The molecule has 0 unspecified atom stereocenters. The summed E-state index contributed by atoms with van der Waals surface area (Å²) < 4.78 is 7.75. The molecule has 0 saturated carbocycles. The highest BCUT2D eigenvalue weighted by molar-refractivity contribution is 6.30. The predicted molar refractivity (Wildman–Crippen MR) is 98.9 cm³/mol. The van der Waals surface area contributed by atoms with Gasteiger partial charge in [0.05, 0.1) is 13.2 Å². The number of halogens is 1. The van der Waals surface area contributed by atoms with Crippen LogP contribution >= 0.6 is 11.6 Å². The highest BCUT2D eigenvalue weighted by Crippen LogP contribution is 2.18. The minimum Gasteiger partial charge on any atom is -0.369 e. The van der Waals surface area contributed by atoms with E-state index >= 15 is 0 Å². The largest absolute Gasteiger partial charge is 0.369 e. The van der Waals surface area contributed by atoms with Crippen LogP contribution < -0.4 is 0 Å². The second-order valence-corrected chi connectivity index (χ2v) is 6.71. The minimum absolute atomic E-state index is 0.0545. The molecule has 1 amide bonds. The molecule has 0 radical (unpaired) electrons. The van der Waals surface area contributed by atoms with E-state index in [1.54, 1.807) is 41.6 Å². The van der Waals surface area contributed by atoms with Crippen LogP contribution in [0.15, 0.2) is 48.8 Å². The number of hydrogen-bond acceptors (Lipinski definition) is 5. The predicted octanol–water partition coefficient (Wildman–Crippen LogP) is 2.70. The van der Waals surface area contributed by atoms with Gasteiger partial charge < -0.3 is 14.2 Å². The van der Waals surface area contributed by atoms with Crippen LogP contribution in [0.2, 0.25) is 5.02 Å². The summed E-state index contributed by atoms with van der Waals surface area (Å²) in [5.74, 6) is 1.47. The molecule has 1 aromatic carbocycles. The van der Waals surface area contributed by atoms with E-state index < -0.39 is 0 Å². The van der Waals surface area contributed by atoms with Crippen molar-refractivity contribution in [2.24, 2.45) is 0 Å². The van der Waals surface area contributed by atoms with Gasteiger partial charge in [0.1, 0.15) is 6.61 Å². The lowest BCUT2D eigenvalue weighted by molar-refractivity contribution is 0.0696. The van der Waals surface area contributed by atoms with E-state index in [0.29, 0.717) is 43.4 Å². The van der Waals surface area contributed by atoms with Crippen LogP contribution in [-0.2, 0) is 31.0 Å². The van der Waals surface area contributed by atoms with Gasteiger partial charge in [0.25, 0.3) is 5.91 Å². The first-order chi connectivity index (χ1) is 13.2. The zero-order chi connectivity index (χ0) is 18.6. The third-order valence-electron chi connectivity index (χ3n) is 4.41. The van der Waals surface area contributed by atoms with Crippen molar-refractivity contribution in [3.63, 3.8) is 0 Å². The SMILES string of the molecule is O=C(c1cccc(Cl)c1)N1CCn2c(COCc3cccnc3)nnc2C1. The molecule has 138 valence electrons. The van der Waals surface area contributed by atoms with Gasteiger partial charge in [0, 0.05) is 36.1 Å². The Morgan fingerprint density at radius 1 is 1.15 bits per heavy atom. The Morgan fingerprint density at radius 3 is 2.89 bits per heavy atom. The number of carbonyl (C=O) groups is 1. The molecule has 8 heteroatoms. The van der Waals surface area contributed by atoms with Crippen LogP contribution in [0.4, 0.5) is 0 Å². The molecule has 7 nitrogen and oxygen atoms in total. The van der Waals surface area contributed by atoms with Crippen LogP contribution in [0.1, 0.15) is 27.6 Å². The summed E-state index contributed by atoms with van der Waals surface area (Å²) >= 11 is 5.99. The first-order valence-electron chi connectivity index (χ1n) is 8.63. The number of aromatic nitrogens is 4. The molecule has 0 N–H and O–H groups in total. The average molecular weight is 384 g/mol. The standard InChI is InChI=1S/C19H18ClN5O2/c20-16-5-1-4-15(9-16)19(26)24-7-8-25-17(11-24)22-23-18(25)13-27-12-14-3-2-6-21-10-14/h1-6,9-10H,7-8,11-13H2. The topological polar surface area (TPSA) is 73.1 Å². The summed E-state index contributed by atoms with van der Waals surface area (Å²) in [4.78, 5) is 18.5. The third-order valence-corrected chi connectivity index (χ3v) is 4.65. The molecule has 1 aliphatic rings. The van der Waals surface area contributed by atoms with Gasteiger partial charge in [-0.1, -0.05) is 23.7 Å². The monoisotopic (exact) mass is 383 g/mol. The van der Waals surface area contributed by atoms with Gasteiger partial charge in [-0.25, -0.2) is 0 Å². The molecule has 4 rings (SSSR count). The summed E-state index contributed by atoms with van der Waals surface area (Å²) in [5.41, 5.74) is 1.59. The number of hydrogen-bond donors (Lipinski definition) is 0. The Labute approximate surface area is 161 Å². The van der Waals surface area contributed by atoms with E-state index in [1.807, 2.05) is 16.7 Å². The fraction of sp³-hybridized carbons (Fsp3) is 0.263. The molecule has 2 aromatic heterocycles. The van der Waals surface area contributed by atoms with Crippen molar-refractivity contribution in [3.05, 3.63) is 76.6 Å². The summed E-state index contributed by atoms with van der Waals surface area (Å²) in [6.07, 6.45) is 3.51. The lowest BCUT2D eigenvalue weighted by Gasteiger charge is -2.28. The minimum atomic E-state index is -0.0545. The zero-order valence-corrected chi connectivity index (χ0v) is 15.3. The molecule has 0 saturated heterocycles. The number of ether oxygens (including phenoxy) is 1. The van der Waals surface area contributed by atoms with E-state index in [0.717, 1.165) is 17.2 Å². The van der Waals surface area contributed by atoms with Crippen molar-refractivity contribution in [2.75, 3.05) is 6.54 Å². The van der Waals surface area contributed by atoms with Gasteiger partial charge in [-0.2, -0.15) is 0 Å². The molecule has 1 aliphatic heterocycles. The van der Waals surface area contributed by atoms with E-state index in [2.05, 4.69) is 15.2 Å². The zero-order valence-electron chi connectivity index (χ0n) is 14.6. The normalized spacial score (nSPS) is 13.4. The van der Waals surface area contributed by atoms with Crippen LogP contribution in [0.3, 0.4) is 0 Å². The van der Waals surface area contributed by atoms with Crippen LogP contribution in [0.5, 0.6) is 0 Å². The number of rotatable bonds is 5. The molecular formula is C19H18ClN5O2. The summed E-state index contributed by atoms with van der Waals surface area (Å²) in [5, 5.41) is 9.00. The lowest BCUT2D eigenvalue weighted by Crippen LogP contribution is -2.38. The smallest absolute Gasteiger partial charge is 0.254 e. The highest BCUT2D eigenvalue weighted by atomic mass is 35.5. The highest BCUT2D eigenvalue weighted by Gasteiger charge is 2.25. The van der Waals surface area contributed by atoms with Crippen molar-refractivity contribution in [3.8, 4) is 0 Å². The van der Waals surface area contributed by atoms with Crippen LogP contribution in [-0.4, -0.2) is 37.1 Å². The average Bonchev–Trinajstić information content (AvgIpc) is 3.10. The van der Waals surface area contributed by atoms with E-state index in [1.165, 1.54) is 0 Å². The van der Waals surface area contributed by atoms with Gasteiger partial charge in [-0.05, 0) is 29.8 Å². The van der Waals surface area contributed by atoms with Gasteiger partial charge in [-0.3, -0.25) is 9.78 Å². The summed E-state index contributed by atoms with van der Waals surface area (Å²) in [6, 6.07) is 10.8. The first-order valence-corrected chi connectivity index (χ1v) is 9.01. The van der Waals surface area contributed by atoms with Crippen LogP contribution in [0, 0.1) is 0 Å². The third kappa shape index (κ3) is 3.99. The van der Waals surface area contributed by atoms with Crippen molar-refractivity contribution in [1.29, 1.82) is 0 Å². The summed E-state index contributed by atoms with van der Waals surface area (Å²) in [7, 11) is 0. The van der Waals surface area contributed by atoms with E-state index in [4.69, 9.17) is 16.3 Å². The van der Waals surface area contributed by atoms with Crippen molar-refractivity contribution in [1.82, 2.24) is 24.6 Å². The number of benzene rings is 1. The molecule has 0 aliphatic carbocycles. The maximum atomic E-state index is 12.7. The lowest BCUT2D eigenvalue weighted by atomic mass is 10.2. The van der Waals surface area contributed by atoms with Crippen LogP contribution in [0.25, 0.3) is 0 Å². The Hall–Kier alpha value is -2.77. The summed E-state index contributed by atoms with van der Waals surface area (Å²) in [6.45, 7) is 2.48. The van der Waals surface area contributed by atoms with Gasteiger partial charge in [0.2, 0.25) is 0 Å². The van der Waals surface area contributed by atoms with Crippen molar-refractivity contribution >= 4 is 17.5 Å². The molecule has 3 heterocycles. The second kappa shape index (κ2) is 7.85. The Bertz CT molecular complexity index is 944. The molecule has 0 fully saturated rings. The number of amides is 1. The van der Waals surface area contributed by atoms with E-state index in [-0.39, 0.29) is 5.91 Å². The second-order valence-electron chi connectivity index (χ2n) is 6.28. The Morgan fingerprint density at radius 2 is 2.07 bits per heavy atom. The maximum Gasteiger partial charge on any atom is 0.254 e. The van der Waals surface area contributed by atoms with Gasteiger partial charge >= 0.3 is 0 Å². The fourth-order valence-electron chi connectivity index (χ4n) is 3.05. The van der Waals surface area contributed by atoms with Crippen molar-refractivity contribution < 1.29 is 9.53 Å². The number of pyridine rings is 1. The van der Waals surface area contributed by atoms with E-state index in [9.17, 15) is 4.79 Å². The Kier molecular flexibility index (Phi) is 5.13. The molecule has 27 heavy (non-hydrogen) atoms. The fourth-order valence-corrected chi connectivity index (χ4v) is 3.24. The maximum absolute atomic E-state index is 12.7. The molecule has 0 spiro atoms. The van der Waals surface area contributed by atoms with Gasteiger partial charge in [0.15, 0.2) is 11.6 Å².